The molecule has 0 nitrogen and oxygen atoms in total. The molecule has 0 radical (unpaired) electrons. The van der Waals surface area contributed by atoms with Gasteiger partial charge in [0.1, 0.15) is 4.24 Å². The third kappa shape index (κ3) is 5.83. The van der Waals surface area contributed by atoms with Crippen molar-refractivity contribution in [1.29, 1.82) is 0 Å². The van der Waals surface area contributed by atoms with Crippen molar-refractivity contribution in [2.75, 3.05) is 0 Å². The van der Waals surface area contributed by atoms with Gasteiger partial charge in [-0.05, 0) is 73.5 Å². The average Bonchev–Trinajstić information content (AvgIpc) is 2.52. The maximum absolute atomic E-state index is 5.72. The molecule has 0 N–H and O–H groups in total. The summed E-state index contributed by atoms with van der Waals surface area (Å²) in [6.45, 7) is 8.40. The van der Waals surface area contributed by atoms with Crippen molar-refractivity contribution < 1.29 is 0 Å². The van der Waals surface area contributed by atoms with E-state index in [0.29, 0.717) is 0 Å². The Kier molecular flexibility index (Phi) is 7.19. The molecule has 0 bridgehead atoms. The number of benzene rings is 2. The minimum absolute atomic E-state index is 0.0793. The summed E-state index contributed by atoms with van der Waals surface area (Å²) in [5, 5.41) is 0. The Bertz CT molecular complexity index is 796. The van der Waals surface area contributed by atoms with Crippen molar-refractivity contribution in [1.82, 2.24) is 0 Å². The first-order valence-corrected chi connectivity index (χ1v) is 9.81. The zero-order valence-electron chi connectivity index (χ0n) is 14.0. The van der Waals surface area contributed by atoms with Crippen molar-refractivity contribution in [3.05, 3.63) is 78.8 Å². The Morgan fingerprint density at radius 1 is 0.750 bits per heavy atom. The third-order valence-corrected chi connectivity index (χ3v) is 5.94. The number of rotatable bonds is 4. The first kappa shape index (κ1) is 19.3. The largest absolute Gasteiger partial charge is 0.156 e. The molecule has 0 fully saturated rings. The van der Waals surface area contributed by atoms with E-state index in [1.807, 2.05) is 0 Å². The summed E-state index contributed by atoms with van der Waals surface area (Å²) in [6, 6.07) is 12.9. The average molecular weight is 393 g/mol. The van der Waals surface area contributed by atoms with Crippen LogP contribution < -0.4 is 0 Å². The third-order valence-electron chi connectivity index (χ3n) is 3.35. The Morgan fingerprint density at radius 3 is 1.62 bits per heavy atom. The van der Waals surface area contributed by atoms with Crippen molar-refractivity contribution in [2.24, 2.45) is 0 Å². The molecule has 0 saturated heterocycles. The molecule has 2 rings (SSSR count). The van der Waals surface area contributed by atoms with E-state index in [0.717, 1.165) is 4.24 Å². The fourth-order valence-electron chi connectivity index (χ4n) is 2.00. The smallest absolute Gasteiger partial charge is 0.0734 e. The fraction of sp³-hybridized carbons (Fsp3) is 0.200. The van der Waals surface area contributed by atoms with Crippen LogP contribution in [0, 0.1) is 27.7 Å². The molecule has 0 unspecified atom stereocenters. The molecular weight excluding hydrogens is 375 g/mol. The van der Waals surface area contributed by atoms with Crippen LogP contribution in [0.15, 0.2) is 66.4 Å². The van der Waals surface area contributed by atoms with E-state index in [9.17, 15) is 0 Å². The van der Waals surface area contributed by atoms with Gasteiger partial charge >= 0.3 is 0 Å². The molecule has 2 aromatic rings. The second kappa shape index (κ2) is 8.92. The molecule has 24 heavy (non-hydrogen) atoms. The molecule has 0 saturated carbocycles. The zero-order valence-corrected chi connectivity index (χ0v) is 17.2. The van der Waals surface area contributed by atoms with Crippen LogP contribution >= 0.6 is 46.7 Å². The van der Waals surface area contributed by atoms with E-state index in [-0.39, 0.29) is 4.49 Å². The van der Waals surface area contributed by atoms with Gasteiger partial charge in [-0.2, -0.15) is 0 Å². The van der Waals surface area contributed by atoms with Gasteiger partial charge in [-0.25, -0.2) is 0 Å². The highest BCUT2D eigenvalue weighted by Gasteiger charge is 2.08. The van der Waals surface area contributed by atoms with Crippen molar-refractivity contribution >= 4 is 46.7 Å². The summed E-state index contributed by atoms with van der Waals surface area (Å²) in [5.41, 5.74) is 10.8. The summed E-state index contributed by atoms with van der Waals surface area (Å²) in [7, 11) is 0. The minimum atomic E-state index is 0.0793. The second-order valence-corrected chi connectivity index (χ2v) is 8.85. The quantitative estimate of drug-likeness (QED) is 0.385. The normalized spacial score (nSPS) is 10.1. The van der Waals surface area contributed by atoms with Crippen LogP contribution in [0.5, 0.6) is 0 Å². The molecule has 0 aromatic heterocycles. The molecule has 0 atom stereocenters. The Morgan fingerprint density at radius 2 is 1.21 bits per heavy atom. The highest BCUT2D eigenvalue weighted by Crippen LogP contribution is 2.41. The van der Waals surface area contributed by atoms with Crippen LogP contribution in [-0.2, 0) is 0 Å². The van der Waals surface area contributed by atoms with Gasteiger partial charge in [-0.1, -0.05) is 71.0 Å². The molecule has 0 aliphatic carbocycles. The molecular formula is C20H18Cl2S2. The van der Waals surface area contributed by atoms with Gasteiger partial charge in [0.05, 0.1) is 0 Å². The number of thioether (sulfide) groups is 2. The van der Waals surface area contributed by atoms with Crippen molar-refractivity contribution in [3.8, 4) is 0 Å². The second-order valence-electron chi connectivity index (χ2n) is 5.54. The van der Waals surface area contributed by atoms with Crippen LogP contribution in [0.1, 0.15) is 22.3 Å². The summed E-state index contributed by atoms with van der Waals surface area (Å²) in [4.78, 5) is 2.39. The number of aryl methyl sites for hydroxylation is 4. The first-order chi connectivity index (χ1) is 11.3. The lowest BCUT2D eigenvalue weighted by Crippen LogP contribution is -1.84. The Labute approximate surface area is 162 Å². The molecule has 124 valence electrons. The van der Waals surface area contributed by atoms with Crippen LogP contribution in [-0.4, -0.2) is 0 Å². The SMILES string of the molecule is Cc1ccc(C)c(SC(=C=C=C(Cl)Cl)Sc2cc(C)ccc2C)c1. The van der Waals surface area contributed by atoms with Gasteiger partial charge in [0.25, 0.3) is 0 Å². The lowest BCUT2D eigenvalue weighted by atomic mass is 10.2. The Balaban J connectivity index is 2.43. The highest BCUT2D eigenvalue weighted by atomic mass is 35.5. The molecule has 0 spiro atoms. The van der Waals surface area contributed by atoms with Crippen LogP contribution in [0.4, 0.5) is 0 Å². The van der Waals surface area contributed by atoms with Gasteiger partial charge in [0, 0.05) is 9.79 Å². The molecule has 0 aliphatic rings. The van der Waals surface area contributed by atoms with E-state index in [2.05, 4.69) is 75.6 Å². The number of hydrogen-bond acceptors (Lipinski definition) is 2. The monoisotopic (exact) mass is 392 g/mol. The van der Waals surface area contributed by atoms with E-state index in [1.165, 1.54) is 32.0 Å². The van der Waals surface area contributed by atoms with Gasteiger partial charge in [0.2, 0.25) is 0 Å². The number of hydrogen-bond donors (Lipinski definition) is 0. The summed E-state index contributed by atoms with van der Waals surface area (Å²) in [5.74, 6) is 0. The highest BCUT2D eigenvalue weighted by molar-refractivity contribution is 8.22. The minimum Gasteiger partial charge on any atom is -0.0734 e. The molecule has 0 aliphatic heterocycles. The van der Waals surface area contributed by atoms with Crippen LogP contribution in [0.25, 0.3) is 0 Å². The van der Waals surface area contributed by atoms with E-state index in [4.69, 9.17) is 23.2 Å². The van der Waals surface area contributed by atoms with Gasteiger partial charge in [-0.15, -0.1) is 0 Å². The van der Waals surface area contributed by atoms with Gasteiger partial charge < -0.3 is 0 Å². The standard InChI is InChI=1S/C20H18Cl2S2/c1-13-5-7-15(3)17(11-13)23-20(10-9-19(21)22)24-18-12-14(2)6-8-16(18)4/h5-8,11-12H,1-4H3. The predicted octanol–water partition coefficient (Wildman–Crippen LogP) is 7.72. The van der Waals surface area contributed by atoms with E-state index in [1.54, 1.807) is 23.5 Å². The van der Waals surface area contributed by atoms with E-state index < -0.39 is 0 Å². The zero-order chi connectivity index (χ0) is 17.7. The summed E-state index contributed by atoms with van der Waals surface area (Å²) in [6.07, 6.45) is 0. The first-order valence-electron chi connectivity index (χ1n) is 7.42. The van der Waals surface area contributed by atoms with Crippen LogP contribution in [0.2, 0.25) is 0 Å². The topological polar surface area (TPSA) is 0 Å². The maximum atomic E-state index is 5.72. The molecule has 0 amide bonds. The maximum Gasteiger partial charge on any atom is 0.156 e. The molecule has 2 aromatic carbocycles. The summed E-state index contributed by atoms with van der Waals surface area (Å²) < 4.78 is 1.03. The fourth-order valence-corrected chi connectivity index (χ4v) is 4.36. The number of halogens is 2. The Hall–Kier alpha value is -0.980. The van der Waals surface area contributed by atoms with Crippen molar-refractivity contribution in [3.63, 3.8) is 0 Å². The van der Waals surface area contributed by atoms with Crippen molar-refractivity contribution in [2.45, 2.75) is 37.5 Å². The molecule has 0 heterocycles. The lowest BCUT2D eigenvalue weighted by molar-refractivity contribution is 1.26. The lowest BCUT2D eigenvalue weighted by Gasteiger charge is -2.10. The summed E-state index contributed by atoms with van der Waals surface area (Å²) >= 11 is 14.7. The predicted molar refractivity (Wildman–Crippen MR) is 109 cm³/mol. The van der Waals surface area contributed by atoms with Gasteiger partial charge in [-0.3, -0.25) is 0 Å². The van der Waals surface area contributed by atoms with Gasteiger partial charge in [0.15, 0.2) is 4.49 Å². The van der Waals surface area contributed by atoms with E-state index >= 15 is 0 Å². The van der Waals surface area contributed by atoms with Crippen LogP contribution in [0.3, 0.4) is 0 Å². The molecule has 4 heteroatoms.